The van der Waals surface area contributed by atoms with Crippen LogP contribution in [0.4, 0.5) is 0 Å². The number of fused-ring (bicyclic) bond motifs is 7. The number of pyridine rings is 3. The lowest BCUT2D eigenvalue weighted by molar-refractivity contribution is -0.592. The van der Waals surface area contributed by atoms with E-state index in [2.05, 4.69) is 251 Å². The first-order valence-electron chi connectivity index (χ1n) is 32.4. The summed E-state index contributed by atoms with van der Waals surface area (Å²) in [6.07, 6.45) is 19.5. The standard InChI is InChI=1S/C11H14N2.C10H18N4.2C10H13N3.2C10H17N2.C9H15N3/c1-11(2,3)9-8-12-13-7-5-4-6-10(9)13;1-10(2,3)9-12-11-8-7-13(4)5-6-14(8)9;1-10(2,3)9-12-11-8-6-4-5-7-13(8)9;1-10(2,3)9-8-6-4-5-7-13(8)12-11-9;2*1-10(2,3)8-7-11-12-6-4-5-9(8)12;1-9(2,3)8-11-10-7-5-4-6-12(7)8/h4-8H,1-3H3;5-7H2,1-4H3;2*4-7H,1-3H3;2*7,9H,4-6H2,1-3H3;4-6H2,1-3H3/q;;;;2*+1;. The van der Waals surface area contributed by atoms with Gasteiger partial charge in [0, 0.05) is 109 Å². The van der Waals surface area contributed by atoms with Crippen LogP contribution >= 0.6 is 0 Å². The highest BCUT2D eigenvalue weighted by Crippen LogP contribution is 2.38. The molecule has 0 bridgehead atoms. The first-order valence-corrected chi connectivity index (χ1v) is 32.4. The lowest BCUT2D eigenvalue weighted by Crippen LogP contribution is -2.33. The van der Waals surface area contributed by atoms with E-state index in [0.717, 1.165) is 85.8 Å². The van der Waals surface area contributed by atoms with Crippen LogP contribution in [0.25, 0.3) is 16.7 Å². The van der Waals surface area contributed by atoms with Crippen LogP contribution in [0.15, 0.2) is 113 Å². The average Bonchev–Trinajstić information content (AvgIpc) is 4.44. The van der Waals surface area contributed by atoms with Gasteiger partial charge >= 0.3 is 0 Å². The Kier molecular flexibility index (Phi) is 20.4. The summed E-state index contributed by atoms with van der Waals surface area (Å²) in [5, 5.41) is 46.6. The molecule has 0 amide bonds. The lowest BCUT2D eigenvalue weighted by atomic mass is 9.82. The van der Waals surface area contributed by atoms with Crippen molar-refractivity contribution in [3.63, 3.8) is 0 Å². The monoisotopic (exact) mass is 1210 g/mol. The first-order chi connectivity index (χ1) is 41.5. The van der Waals surface area contributed by atoms with Crippen molar-refractivity contribution in [1.29, 1.82) is 0 Å². The van der Waals surface area contributed by atoms with Gasteiger partial charge in [-0.1, -0.05) is 169 Å². The van der Waals surface area contributed by atoms with E-state index in [0.29, 0.717) is 22.9 Å². The Morgan fingerprint density at radius 1 is 0.449 bits per heavy atom. The van der Waals surface area contributed by atoms with Crippen molar-refractivity contribution < 1.29 is 9.39 Å². The van der Waals surface area contributed by atoms with E-state index < -0.39 is 0 Å². The lowest BCUT2D eigenvalue weighted by Gasteiger charge is -2.26. The average molecular weight is 1210 g/mol. The second-order valence-corrected chi connectivity index (χ2v) is 31.8. The van der Waals surface area contributed by atoms with E-state index in [1.807, 2.05) is 82.2 Å². The van der Waals surface area contributed by atoms with Gasteiger partial charge in [-0.3, -0.25) is 9.30 Å². The van der Waals surface area contributed by atoms with Crippen LogP contribution in [0.5, 0.6) is 0 Å². The Morgan fingerprint density at radius 2 is 0.955 bits per heavy atom. The minimum absolute atomic E-state index is 0.0424. The molecule has 89 heavy (non-hydrogen) atoms. The van der Waals surface area contributed by atoms with Crippen LogP contribution in [0.3, 0.4) is 0 Å². The third kappa shape index (κ3) is 16.6. The van der Waals surface area contributed by atoms with Crippen LogP contribution in [0, 0.1) is 10.8 Å². The van der Waals surface area contributed by atoms with Gasteiger partial charge in [0.2, 0.25) is 12.1 Å². The van der Waals surface area contributed by atoms with Crippen LogP contribution in [-0.2, 0) is 53.1 Å². The summed E-state index contributed by atoms with van der Waals surface area (Å²) in [4.78, 5) is 2.27. The van der Waals surface area contributed by atoms with Gasteiger partial charge in [0.1, 0.15) is 41.5 Å². The van der Waals surface area contributed by atoms with E-state index in [9.17, 15) is 0 Å². The second-order valence-electron chi connectivity index (χ2n) is 31.8. The highest BCUT2D eigenvalue weighted by molar-refractivity contribution is 5.56. The van der Waals surface area contributed by atoms with Crippen LogP contribution in [-0.4, -0.2) is 122 Å². The Morgan fingerprint density at radius 3 is 1.49 bits per heavy atom. The topological polar surface area (TPSA) is 173 Å². The zero-order chi connectivity index (χ0) is 65.1. The molecule has 2 saturated heterocycles. The first kappa shape index (κ1) is 67.8. The number of hydrogen-bond donors (Lipinski definition) is 0. The van der Waals surface area contributed by atoms with Crippen LogP contribution in [0.2, 0.25) is 0 Å². The molecule has 0 radical (unpaired) electrons. The maximum Gasteiger partial charge on any atom is 0.202 e. The van der Waals surface area contributed by atoms with Crippen molar-refractivity contribution in [3.05, 3.63) is 143 Å². The fraction of sp³-hybridized carbons (Fsp3) is 0.614. The Balaban J connectivity index is 0.000000134. The molecule has 2 fully saturated rings. The molecule has 8 aromatic rings. The Bertz CT molecular complexity index is 3530. The summed E-state index contributed by atoms with van der Waals surface area (Å²) >= 11 is 0. The summed E-state index contributed by atoms with van der Waals surface area (Å²) in [5.74, 6) is 5.52. The van der Waals surface area contributed by atoms with Gasteiger partial charge in [0.15, 0.2) is 18.7 Å². The third-order valence-corrected chi connectivity index (χ3v) is 16.7. The number of likely N-dealkylation sites (N-methyl/N-ethyl adjacent to an activating group) is 1. The van der Waals surface area contributed by atoms with Crippen LogP contribution in [0.1, 0.15) is 218 Å². The molecule has 6 aliphatic heterocycles. The number of azo groups is 4. The summed E-state index contributed by atoms with van der Waals surface area (Å²) in [6, 6.07) is 19.3. The van der Waals surface area contributed by atoms with Gasteiger partial charge in [0.05, 0.1) is 29.5 Å². The molecule has 0 aliphatic carbocycles. The van der Waals surface area contributed by atoms with Crippen molar-refractivity contribution in [2.24, 2.45) is 21.1 Å². The highest BCUT2D eigenvalue weighted by Gasteiger charge is 2.43. The van der Waals surface area contributed by atoms with Crippen molar-refractivity contribution in [1.82, 2.24) is 73.5 Å². The minimum atomic E-state index is 0.0424. The molecule has 19 nitrogen and oxygen atoms in total. The molecular formula is C70H107N19+2. The normalized spacial score (nSPS) is 18.1. The minimum Gasteiger partial charge on any atom is -0.315 e. The zero-order valence-corrected chi connectivity index (χ0v) is 58.3. The van der Waals surface area contributed by atoms with Crippen molar-refractivity contribution in [3.8, 4) is 0 Å². The highest BCUT2D eigenvalue weighted by atomic mass is 15.4. The Labute approximate surface area is 530 Å². The second kappa shape index (κ2) is 26.7. The smallest absolute Gasteiger partial charge is 0.202 e. The molecule has 14 rings (SSSR count). The van der Waals surface area contributed by atoms with E-state index in [1.54, 1.807) is 4.52 Å². The molecule has 480 valence electrons. The van der Waals surface area contributed by atoms with Gasteiger partial charge in [-0.15, -0.1) is 45.1 Å². The van der Waals surface area contributed by atoms with Crippen molar-refractivity contribution >= 4 is 16.7 Å². The zero-order valence-electron chi connectivity index (χ0n) is 58.3. The molecule has 0 spiro atoms. The van der Waals surface area contributed by atoms with Gasteiger partial charge in [-0.05, 0) is 76.3 Å². The molecule has 2 unspecified atom stereocenters. The number of aryl methyl sites for hydroxylation is 1. The van der Waals surface area contributed by atoms with E-state index >= 15 is 0 Å². The number of nitrogens with zero attached hydrogens (tertiary/aromatic N) is 19. The van der Waals surface area contributed by atoms with E-state index in [-0.39, 0.29) is 27.1 Å². The maximum absolute atomic E-state index is 4.42. The predicted octanol–water partition coefficient (Wildman–Crippen LogP) is 14.3. The maximum atomic E-state index is 4.42. The largest absolute Gasteiger partial charge is 0.315 e. The number of hydrogen-bond acceptors (Lipinski definition) is 12. The molecular weight excluding hydrogens is 1110 g/mol. The molecule has 8 aromatic heterocycles. The van der Waals surface area contributed by atoms with E-state index in [4.69, 9.17) is 0 Å². The molecule has 0 N–H and O–H groups in total. The van der Waals surface area contributed by atoms with E-state index in [1.165, 1.54) is 60.2 Å². The fourth-order valence-electron chi connectivity index (χ4n) is 12.0. The summed E-state index contributed by atoms with van der Waals surface area (Å²) in [6.45, 7) is 52.6. The summed E-state index contributed by atoms with van der Waals surface area (Å²) in [7, 11) is 2.12. The quantitative estimate of drug-likeness (QED) is 0.133. The fourth-order valence-corrected chi connectivity index (χ4v) is 12.0. The summed E-state index contributed by atoms with van der Waals surface area (Å²) < 4.78 is 14.8. The third-order valence-electron chi connectivity index (χ3n) is 16.7. The van der Waals surface area contributed by atoms with Gasteiger partial charge in [-0.25, -0.2) is 9.03 Å². The number of aromatic nitrogens is 14. The van der Waals surface area contributed by atoms with Gasteiger partial charge < -0.3 is 9.13 Å². The van der Waals surface area contributed by atoms with Gasteiger partial charge in [0.25, 0.3) is 0 Å². The van der Waals surface area contributed by atoms with Crippen molar-refractivity contribution in [2.45, 2.75) is 243 Å². The number of rotatable bonds is 0. The van der Waals surface area contributed by atoms with Gasteiger partial charge in [-0.2, -0.15) is 5.10 Å². The SMILES string of the molecule is CC(C)(C)C1=CN=[N+]2CCCC12.CC(C)(C)C1=CN=[N+]2CCCC12.CC(C)(C)c1cnn2ccccc12.CC(C)(C)c1nnc2ccccn12.CC(C)(C)c1nnc2n1CCC2.CC(C)(C)c1nnn2ccccc12.CN1CCn2c(nnc2C(C)(C)C)C1. The molecule has 19 heteroatoms. The molecule has 14 heterocycles. The van der Waals surface area contributed by atoms with Crippen molar-refractivity contribution in [2.75, 3.05) is 26.7 Å². The summed E-state index contributed by atoms with van der Waals surface area (Å²) in [5.41, 5.74) is 9.68. The molecule has 6 aliphatic rings. The van der Waals surface area contributed by atoms with Crippen LogP contribution < -0.4 is 0 Å². The predicted molar refractivity (Wildman–Crippen MR) is 356 cm³/mol. The Hall–Kier alpha value is -7.15. The molecule has 2 atom stereocenters. The molecule has 0 aromatic carbocycles. The molecule has 0 saturated carbocycles.